The SMILES string of the molecule is C=CC(=O)N1CCN(c2nc(OC[C@@H]3C[C@@H](OCCOCCOCCOCCOCCOc4cc(-c5scnc5C)ccc4CNC(=O)[C@@H]4C[C@@H](O)CN4C(=O)[C@@H](c4cc(C)no4)C(C)C)CN3C)nc3c2CCN(c2cccc4ccccc24)C3)C[C@@H]1CC#N. The van der Waals surface area contributed by atoms with Gasteiger partial charge in [-0.05, 0) is 68.8 Å². The van der Waals surface area contributed by atoms with Crippen LogP contribution in [0.2, 0.25) is 0 Å². The zero-order valence-electron chi connectivity index (χ0n) is 52.8. The summed E-state index contributed by atoms with van der Waals surface area (Å²) in [4.78, 5) is 66.1. The van der Waals surface area contributed by atoms with Gasteiger partial charge >= 0.3 is 6.01 Å². The predicted octanol–water partition coefficient (Wildman–Crippen LogP) is 6.67. The average molecular weight is 1270 g/mol. The number of benzene rings is 3. The Hall–Kier alpha value is -7.60. The van der Waals surface area contributed by atoms with Crippen molar-refractivity contribution in [2.45, 2.75) is 103 Å². The third-order valence-electron chi connectivity index (χ3n) is 17.2. The third-order valence-corrected chi connectivity index (χ3v) is 18.2. The molecule has 10 rings (SSSR count). The maximum Gasteiger partial charge on any atom is 0.318 e. The van der Waals surface area contributed by atoms with E-state index in [-0.39, 0.29) is 74.4 Å². The normalized spacial score (nSPS) is 19.6. The lowest BCUT2D eigenvalue weighted by Gasteiger charge is -2.42. The molecule has 3 aromatic carbocycles. The Morgan fingerprint density at radius 1 is 0.846 bits per heavy atom. The number of rotatable bonds is 31. The van der Waals surface area contributed by atoms with E-state index in [1.807, 2.05) is 39.0 Å². The molecule has 3 amide bonds. The predicted molar refractivity (Wildman–Crippen MR) is 343 cm³/mol. The van der Waals surface area contributed by atoms with E-state index in [9.17, 15) is 24.8 Å². The molecular weight excluding hydrogens is 1180 g/mol. The van der Waals surface area contributed by atoms with E-state index < -0.39 is 18.1 Å². The molecule has 3 saturated heterocycles. The van der Waals surface area contributed by atoms with Crippen molar-refractivity contribution < 1.29 is 57.2 Å². The van der Waals surface area contributed by atoms with E-state index >= 15 is 0 Å². The highest BCUT2D eigenvalue weighted by atomic mass is 32.1. The number of aromatic nitrogens is 4. The Morgan fingerprint density at radius 3 is 2.31 bits per heavy atom. The molecule has 6 aromatic rings. The minimum atomic E-state index is -0.859. The van der Waals surface area contributed by atoms with Crippen LogP contribution in [0.3, 0.4) is 0 Å². The molecule has 24 heteroatoms. The molecule has 4 aliphatic rings. The summed E-state index contributed by atoms with van der Waals surface area (Å²) in [5.74, 6) is 0.211. The molecule has 3 aromatic heterocycles. The van der Waals surface area contributed by atoms with Crippen LogP contribution in [0.15, 0.2) is 89.4 Å². The van der Waals surface area contributed by atoms with Crippen molar-refractivity contribution in [2.24, 2.45) is 5.92 Å². The van der Waals surface area contributed by atoms with Gasteiger partial charge in [0.15, 0.2) is 0 Å². The Labute approximate surface area is 536 Å². The number of carbonyl (C=O) groups is 3. The Bertz CT molecular complexity index is 3460. The molecule has 0 aliphatic carbocycles. The summed E-state index contributed by atoms with van der Waals surface area (Å²) in [6.45, 7) is 19.3. The van der Waals surface area contributed by atoms with Crippen LogP contribution < -0.4 is 24.6 Å². The quantitative estimate of drug-likeness (QED) is 0.0340. The number of fused-ring (bicyclic) bond motifs is 2. The molecule has 2 N–H and O–H groups in total. The van der Waals surface area contributed by atoms with Crippen LogP contribution in [-0.4, -0.2) is 207 Å². The molecule has 0 bridgehead atoms. The smallest absolute Gasteiger partial charge is 0.318 e. The fourth-order valence-electron chi connectivity index (χ4n) is 12.5. The van der Waals surface area contributed by atoms with E-state index in [1.165, 1.54) is 33.1 Å². The highest BCUT2D eigenvalue weighted by Gasteiger charge is 2.43. The number of nitriles is 1. The molecule has 91 heavy (non-hydrogen) atoms. The molecule has 23 nitrogen and oxygen atoms in total. The van der Waals surface area contributed by atoms with Crippen LogP contribution in [0.5, 0.6) is 11.8 Å². The summed E-state index contributed by atoms with van der Waals surface area (Å²) in [7, 11) is 2.08. The Morgan fingerprint density at radius 2 is 1.59 bits per heavy atom. The maximum atomic E-state index is 13.9. The lowest BCUT2D eigenvalue weighted by molar-refractivity contribution is -0.141. The Kier molecular flexibility index (Phi) is 23.4. The van der Waals surface area contributed by atoms with Gasteiger partial charge in [-0.25, -0.2) is 4.98 Å². The van der Waals surface area contributed by atoms with Gasteiger partial charge in [-0.15, -0.1) is 11.3 Å². The number of aliphatic hydroxyl groups excluding tert-OH is 1. The van der Waals surface area contributed by atoms with Crippen molar-refractivity contribution in [3.8, 4) is 28.3 Å². The van der Waals surface area contributed by atoms with Crippen LogP contribution in [0.25, 0.3) is 21.2 Å². The van der Waals surface area contributed by atoms with Gasteiger partial charge in [-0.2, -0.15) is 15.2 Å². The number of nitrogens with zero attached hydrogens (tertiary/aromatic N) is 10. The van der Waals surface area contributed by atoms with Crippen LogP contribution in [0.4, 0.5) is 11.5 Å². The van der Waals surface area contributed by atoms with Gasteiger partial charge in [-0.3, -0.25) is 19.3 Å². The van der Waals surface area contributed by atoms with Gasteiger partial charge in [-0.1, -0.05) is 74.1 Å². The van der Waals surface area contributed by atoms with Crippen molar-refractivity contribution in [1.29, 1.82) is 5.26 Å². The highest BCUT2D eigenvalue weighted by Crippen LogP contribution is 2.37. The first-order valence-electron chi connectivity index (χ1n) is 31.5. The fraction of sp³-hybridized carbons (Fsp3) is 0.522. The van der Waals surface area contributed by atoms with Gasteiger partial charge in [0.1, 0.15) is 42.5 Å². The van der Waals surface area contributed by atoms with E-state index in [2.05, 4.69) is 92.3 Å². The Balaban J connectivity index is 0.610. The first-order valence-corrected chi connectivity index (χ1v) is 32.4. The molecule has 0 radical (unpaired) electrons. The number of aliphatic hydroxyl groups is 1. The second-order valence-electron chi connectivity index (χ2n) is 23.8. The van der Waals surface area contributed by atoms with Gasteiger partial charge in [0.2, 0.25) is 17.7 Å². The van der Waals surface area contributed by atoms with Crippen LogP contribution >= 0.6 is 11.3 Å². The highest BCUT2D eigenvalue weighted by molar-refractivity contribution is 7.13. The van der Waals surface area contributed by atoms with Crippen molar-refractivity contribution in [2.75, 3.05) is 129 Å². The average Bonchev–Trinajstić information content (AvgIpc) is 1.23. The maximum absolute atomic E-state index is 13.9. The van der Waals surface area contributed by atoms with Crippen LogP contribution in [-0.2, 0) is 57.6 Å². The summed E-state index contributed by atoms with van der Waals surface area (Å²) < 4.78 is 47.7. The van der Waals surface area contributed by atoms with Crippen LogP contribution in [0.1, 0.15) is 73.0 Å². The number of aryl methyl sites for hydroxylation is 2. The van der Waals surface area contributed by atoms with Crippen molar-refractivity contribution in [3.05, 3.63) is 119 Å². The fourth-order valence-corrected chi connectivity index (χ4v) is 13.3. The number of piperazine rings is 1. The number of β-amino-alcohol motifs (C(OH)–C–C–N with tert-alkyl or cyclic N) is 1. The minimum absolute atomic E-state index is 0.0100. The zero-order chi connectivity index (χ0) is 63.8. The summed E-state index contributed by atoms with van der Waals surface area (Å²) in [5.41, 5.74) is 8.17. The van der Waals surface area contributed by atoms with Gasteiger partial charge in [0.25, 0.3) is 0 Å². The minimum Gasteiger partial charge on any atom is -0.491 e. The number of hydrogen-bond donors (Lipinski definition) is 2. The molecule has 0 saturated carbocycles. The second kappa shape index (κ2) is 32.1. The number of hydrogen-bond acceptors (Lipinski definition) is 21. The molecular formula is C67H85N11O12S. The van der Waals surface area contributed by atoms with Gasteiger partial charge < -0.3 is 67.7 Å². The van der Waals surface area contributed by atoms with Crippen molar-refractivity contribution >= 4 is 51.3 Å². The lowest BCUT2D eigenvalue weighted by atomic mass is 9.91. The zero-order valence-corrected chi connectivity index (χ0v) is 53.7. The molecule has 7 heterocycles. The summed E-state index contributed by atoms with van der Waals surface area (Å²) in [6, 6.07) is 23.9. The number of anilines is 2. The molecule has 486 valence electrons. The first kappa shape index (κ1) is 66.3. The molecule has 4 aliphatic heterocycles. The number of amides is 3. The van der Waals surface area contributed by atoms with Crippen molar-refractivity contribution in [3.63, 3.8) is 0 Å². The first-order chi connectivity index (χ1) is 44.3. The molecule has 0 spiro atoms. The number of likely N-dealkylation sites (N-methyl/N-ethyl adjacent to an activating group) is 1. The number of likely N-dealkylation sites (tertiary alicyclic amines) is 2. The van der Waals surface area contributed by atoms with E-state index in [4.69, 9.17) is 47.6 Å². The number of carbonyl (C=O) groups excluding carboxylic acids is 3. The summed E-state index contributed by atoms with van der Waals surface area (Å²) >= 11 is 1.53. The van der Waals surface area contributed by atoms with E-state index in [1.54, 1.807) is 23.4 Å². The van der Waals surface area contributed by atoms with Crippen LogP contribution in [0, 0.1) is 31.1 Å². The second-order valence-corrected chi connectivity index (χ2v) is 24.7. The number of nitrogens with one attached hydrogen (secondary N) is 1. The summed E-state index contributed by atoms with van der Waals surface area (Å²) in [6.07, 6.45) is 2.32. The largest absolute Gasteiger partial charge is 0.491 e. The lowest BCUT2D eigenvalue weighted by Crippen LogP contribution is -2.55. The summed E-state index contributed by atoms with van der Waals surface area (Å²) in [5, 5.41) is 29.7. The van der Waals surface area contributed by atoms with E-state index in [0.29, 0.717) is 115 Å². The topological polar surface area (TPSA) is 253 Å². The molecule has 0 unspecified atom stereocenters. The number of ether oxygens (including phenoxy) is 7. The molecule has 3 fully saturated rings. The standard InChI is InChI=1S/C67H85N11O12S/c1-7-61(80)77-22-21-76(38-50(77)17-19-68)64-55-18-20-75(57-14-10-12-47-11-8-9-13-54(47)57)41-56(55)71-67(72-64)89-42-51-35-53(40-74(51)6)87-31-29-85-27-25-83-23-24-84-26-28-86-30-32-88-59-34-48(63-46(5)70-43-91-63)15-16-49(59)37-69-65(81)58-36-52(79)39-78(58)66(82)62(44(2)3)60-33-45(4)73-90-60/h7-16,33-34,43-44,50-53,58,62,79H,1,17-18,20-32,35-42H2,2-6H3,(H,69,81)/t50-,51-,52+,53+,58-,62+/m0/s1. The van der Waals surface area contributed by atoms with E-state index in [0.717, 1.165) is 70.4 Å². The monoisotopic (exact) mass is 1270 g/mol. The van der Waals surface area contributed by atoms with Crippen molar-refractivity contribution in [1.82, 2.24) is 40.1 Å². The van der Waals surface area contributed by atoms with Gasteiger partial charge in [0.05, 0.1) is 124 Å². The molecule has 6 atom stereocenters. The third kappa shape index (κ3) is 16.9. The van der Waals surface area contributed by atoms with Gasteiger partial charge in [0, 0.05) is 86.5 Å². The number of thiazole rings is 1.